The number of benzene rings is 1. The number of aryl methyl sites for hydroxylation is 1. The topological polar surface area (TPSA) is 64.3 Å². The Morgan fingerprint density at radius 2 is 2.33 bits per heavy atom. The van der Waals surface area contributed by atoms with Gasteiger partial charge in [0.2, 0.25) is 0 Å². The first kappa shape index (κ1) is 12.4. The summed E-state index contributed by atoms with van der Waals surface area (Å²) in [6.45, 7) is 2.66. The highest BCUT2D eigenvalue weighted by atomic mass is 35.5. The predicted molar refractivity (Wildman–Crippen MR) is 66.4 cm³/mol. The summed E-state index contributed by atoms with van der Waals surface area (Å²) in [6.07, 6.45) is 3.21. The summed E-state index contributed by atoms with van der Waals surface area (Å²) in [5.74, 6) is -0.453. The molecule has 2 rings (SSSR count). The second kappa shape index (κ2) is 5.10. The Labute approximate surface area is 109 Å². The molecule has 0 atom stereocenters. The molecule has 0 saturated carbocycles. The average Bonchev–Trinajstić information content (AvgIpc) is 2.76. The Hall–Kier alpha value is -2.01. The minimum Gasteiger partial charge on any atom is -0.478 e. The van der Waals surface area contributed by atoms with Crippen LogP contribution < -0.4 is 4.74 Å². The molecule has 1 aromatic heterocycles. The molecule has 2 aromatic rings. The van der Waals surface area contributed by atoms with Crippen LogP contribution in [0.15, 0.2) is 30.6 Å². The smallest absolute Gasteiger partial charge is 0.341 e. The molecule has 0 aliphatic rings. The second-order valence-corrected chi connectivity index (χ2v) is 3.96. The van der Waals surface area contributed by atoms with Crippen molar-refractivity contribution in [2.75, 3.05) is 0 Å². The Bertz CT molecular complexity index is 580. The molecule has 1 aromatic carbocycles. The molecule has 0 spiro atoms. The minimum absolute atomic E-state index is 0.0524. The lowest BCUT2D eigenvalue weighted by molar-refractivity contribution is 0.0694. The fourth-order valence-corrected chi connectivity index (χ4v) is 1.74. The molecule has 0 fully saturated rings. The molecule has 0 aliphatic carbocycles. The second-order valence-electron chi connectivity index (χ2n) is 3.55. The first-order valence-electron chi connectivity index (χ1n) is 5.34. The van der Waals surface area contributed by atoms with Crippen LogP contribution in [0, 0.1) is 0 Å². The Kier molecular flexibility index (Phi) is 3.53. The third-order valence-electron chi connectivity index (χ3n) is 2.35. The number of aromatic carboxylic acids is 1. The van der Waals surface area contributed by atoms with Crippen molar-refractivity contribution >= 4 is 17.6 Å². The lowest BCUT2D eigenvalue weighted by atomic mass is 10.2. The number of halogens is 1. The molecule has 6 heteroatoms. The van der Waals surface area contributed by atoms with Gasteiger partial charge in [0.25, 0.3) is 0 Å². The van der Waals surface area contributed by atoms with Crippen molar-refractivity contribution in [1.82, 2.24) is 9.78 Å². The molecule has 0 amide bonds. The molecule has 18 heavy (non-hydrogen) atoms. The highest BCUT2D eigenvalue weighted by Crippen LogP contribution is 2.30. The van der Waals surface area contributed by atoms with E-state index in [-0.39, 0.29) is 16.3 Å². The fraction of sp³-hybridized carbons (Fsp3) is 0.167. The number of rotatable bonds is 4. The molecule has 94 valence electrons. The van der Waals surface area contributed by atoms with Crippen LogP contribution in [-0.2, 0) is 6.54 Å². The maximum absolute atomic E-state index is 11.1. The molecule has 0 aliphatic heterocycles. The van der Waals surface area contributed by atoms with E-state index in [0.29, 0.717) is 12.3 Å². The maximum Gasteiger partial charge on any atom is 0.341 e. The standard InChI is InChI=1S/C12H11ClN2O3/c1-2-15-7-8(6-14-15)18-10-5-3-4-9(13)11(10)12(16)17/h3-7H,2H2,1H3,(H,16,17). The average molecular weight is 267 g/mol. The third-order valence-corrected chi connectivity index (χ3v) is 2.67. The SMILES string of the molecule is CCn1cc(Oc2cccc(Cl)c2C(=O)O)cn1. The van der Waals surface area contributed by atoms with Crippen LogP contribution in [0.4, 0.5) is 0 Å². The van der Waals surface area contributed by atoms with Gasteiger partial charge in [0.15, 0.2) is 5.75 Å². The summed E-state index contributed by atoms with van der Waals surface area (Å²) in [5.41, 5.74) is -0.0524. The van der Waals surface area contributed by atoms with E-state index in [1.165, 1.54) is 12.3 Å². The van der Waals surface area contributed by atoms with Gasteiger partial charge in [-0.15, -0.1) is 0 Å². The van der Waals surface area contributed by atoms with E-state index < -0.39 is 5.97 Å². The van der Waals surface area contributed by atoms with Crippen LogP contribution in [0.1, 0.15) is 17.3 Å². The summed E-state index contributed by atoms with van der Waals surface area (Å²) in [5, 5.41) is 13.3. The zero-order chi connectivity index (χ0) is 13.1. The fourth-order valence-electron chi connectivity index (χ4n) is 1.49. The number of carboxylic acid groups (broad SMARTS) is 1. The van der Waals surface area contributed by atoms with E-state index in [1.807, 2.05) is 6.92 Å². The van der Waals surface area contributed by atoms with Crippen LogP contribution in [-0.4, -0.2) is 20.9 Å². The summed E-state index contributed by atoms with van der Waals surface area (Å²) >= 11 is 5.84. The van der Waals surface area contributed by atoms with Crippen molar-refractivity contribution in [3.05, 3.63) is 41.2 Å². The van der Waals surface area contributed by atoms with Crippen molar-refractivity contribution in [3.8, 4) is 11.5 Å². The first-order valence-corrected chi connectivity index (χ1v) is 5.71. The van der Waals surface area contributed by atoms with Gasteiger partial charge in [-0.25, -0.2) is 4.79 Å². The van der Waals surface area contributed by atoms with E-state index in [2.05, 4.69) is 5.10 Å². The van der Waals surface area contributed by atoms with E-state index in [0.717, 1.165) is 0 Å². The van der Waals surface area contributed by atoms with Gasteiger partial charge >= 0.3 is 5.97 Å². The van der Waals surface area contributed by atoms with Crippen LogP contribution >= 0.6 is 11.6 Å². The van der Waals surface area contributed by atoms with Crippen LogP contribution in [0.5, 0.6) is 11.5 Å². The van der Waals surface area contributed by atoms with Gasteiger partial charge in [-0.05, 0) is 19.1 Å². The number of aromatic nitrogens is 2. The zero-order valence-corrected chi connectivity index (χ0v) is 10.4. The monoisotopic (exact) mass is 266 g/mol. The lowest BCUT2D eigenvalue weighted by Gasteiger charge is -2.07. The van der Waals surface area contributed by atoms with Crippen molar-refractivity contribution < 1.29 is 14.6 Å². The Morgan fingerprint density at radius 3 is 2.94 bits per heavy atom. The van der Waals surface area contributed by atoms with Crippen LogP contribution in [0.25, 0.3) is 0 Å². The molecule has 0 unspecified atom stereocenters. The summed E-state index contributed by atoms with van der Waals surface area (Å²) in [7, 11) is 0. The maximum atomic E-state index is 11.1. The molecule has 1 N–H and O–H groups in total. The van der Waals surface area contributed by atoms with Gasteiger partial charge in [0.1, 0.15) is 11.3 Å². The largest absolute Gasteiger partial charge is 0.478 e. The highest BCUT2D eigenvalue weighted by Gasteiger charge is 2.16. The number of carboxylic acids is 1. The number of ether oxygens (including phenoxy) is 1. The van der Waals surface area contributed by atoms with Gasteiger partial charge < -0.3 is 9.84 Å². The van der Waals surface area contributed by atoms with Gasteiger partial charge in [-0.1, -0.05) is 17.7 Å². The molecule has 1 heterocycles. The third kappa shape index (κ3) is 2.46. The summed E-state index contributed by atoms with van der Waals surface area (Å²) < 4.78 is 7.17. The van der Waals surface area contributed by atoms with Gasteiger partial charge in [0.05, 0.1) is 17.4 Å². The molecule has 0 bridgehead atoms. The molecule has 0 saturated heterocycles. The normalized spacial score (nSPS) is 10.3. The van der Waals surface area contributed by atoms with Crippen LogP contribution in [0.3, 0.4) is 0 Å². The number of carbonyl (C=O) groups is 1. The number of hydrogen-bond acceptors (Lipinski definition) is 3. The predicted octanol–water partition coefficient (Wildman–Crippen LogP) is 3.05. The van der Waals surface area contributed by atoms with E-state index in [9.17, 15) is 4.79 Å². The quantitative estimate of drug-likeness (QED) is 0.924. The zero-order valence-electron chi connectivity index (χ0n) is 9.63. The summed E-state index contributed by atoms with van der Waals surface area (Å²) in [6, 6.07) is 4.69. The van der Waals surface area contributed by atoms with E-state index in [4.69, 9.17) is 21.4 Å². The van der Waals surface area contributed by atoms with E-state index in [1.54, 1.807) is 23.0 Å². The van der Waals surface area contributed by atoms with Crippen molar-refractivity contribution in [1.29, 1.82) is 0 Å². The van der Waals surface area contributed by atoms with E-state index >= 15 is 0 Å². The van der Waals surface area contributed by atoms with Crippen molar-refractivity contribution in [2.45, 2.75) is 13.5 Å². The molecular formula is C12H11ClN2O3. The van der Waals surface area contributed by atoms with Gasteiger partial charge in [0, 0.05) is 6.54 Å². The minimum atomic E-state index is -1.13. The number of nitrogens with zero attached hydrogens (tertiary/aromatic N) is 2. The molecule has 5 nitrogen and oxygen atoms in total. The Balaban J connectivity index is 2.34. The van der Waals surface area contributed by atoms with Crippen molar-refractivity contribution in [3.63, 3.8) is 0 Å². The first-order chi connectivity index (χ1) is 8.61. The summed E-state index contributed by atoms with van der Waals surface area (Å²) in [4.78, 5) is 11.1. The Morgan fingerprint density at radius 1 is 1.56 bits per heavy atom. The molecular weight excluding hydrogens is 256 g/mol. The molecule has 0 radical (unpaired) electrons. The highest BCUT2D eigenvalue weighted by molar-refractivity contribution is 6.33. The van der Waals surface area contributed by atoms with Gasteiger partial charge in [-0.3, -0.25) is 4.68 Å². The van der Waals surface area contributed by atoms with Gasteiger partial charge in [-0.2, -0.15) is 5.10 Å². The number of hydrogen-bond donors (Lipinski definition) is 1. The lowest BCUT2D eigenvalue weighted by Crippen LogP contribution is -2.00. The van der Waals surface area contributed by atoms with Crippen LogP contribution in [0.2, 0.25) is 5.02 Å². The van der Waals surface area contributed by atoms with Crippen molar-refractivity contribution in [2.24, 2.45) is 0 Å².